The molecular weight excluding hydrogens is 419 g/mol. The Morgan fingerprint density at radius 2 is 2.27 bits per heavy atom. The fourth-order valence-corrected chi connectivity index (χ4v) is 3.46. The van der Waals surface area contributed by atoms with E-state index in [9.17, 15) is 4.39 Å². The Balaban J connectivity index is 2.08. The highest BCUT2D eigenvalue weighted by atomic mass is 79.9. The van der Waals surface area contributed by atoms with E-state index in [0.29, 0.717) is 18.1 Å². The minimum absolute atomic E-state index is 0.0126. The highest BCUT2D eigenvalue weighted by Crippen LogP contribution is 2.21. The van der Waals surface area contributed by atoms with Gasteiger partial charge in [0.25, 0.3) is 0 Å². The van der Waals surface area contributed by atoms with E-state index in [0.717, 1.165) is 21.7 Å². The normalized spacial score (nSPS) is 12.9. The number of ether oxygens (including phenoxy) is 1. The van der Waals surface area contributed by atoms with Crippen LogP contribution in [0.2, 0.25) is 0 Å². The molecule has 5 nitrogen and oxygen atoms in total. The zero-order valence-corrected chi connectivity index (χ0v) is 17.8. The number of hydrogen-bond donors (Lipinski definition) is 1. The highest BCUT2D eigenvalue weighted by Gasteiger charge is 2.13. The third-order valence-electron chi connectivity index (χ3n) is 3.78. The van der Waals surface area contributed by atoms with E-state index in [4.69, 9.17) is 4.74 Å². The lowest BCUT2D eigenvalue weighted by molar-refractivity contribution is 0.119. The van der Waals surface area contributed by atoms with Crippen molar-refractivity contribution in [2.24, 2.45) is 4.99 Å². The standard InChI is InChI=1S/C18H24BrFN4OS/c1-5-21-18(22-9-13-6-7-14(19)8-16(13)20)24(3)10-15-11-26-17(23-15)12(2)25-4/h6-8,11-12H,5,9-10H2,1-4H3,(H,21,22). The number of benzene rings is 1. The number of rotatable bonds is 7. The van der Waals surface area contributed by atoms with Crippen LogP contribution in [-0.4, -0.2) is 36.5 Å². The molecule has 0 saturated carbocycles. The van der Waals surface area contributed by atoms with Crippen molar-refractivity contribution in [2.75, 3.05) is 20.7 Å². The second-order valence-corrected chi connectivity index (χ2v) is 7.62. The number of halogens is 2. The molecule has 1 aromatic heterocycles. The number of nitrogens with zero attached hydrogens (tertiary/aromatic N) is 3. The number of hydrogen-bond acceptors (Lipinski definition) is 4. The van der Waals surface area contributed by atoms with Crippen LogP contribution >= 0.6 is 27.3 Å². The zero-order valence-electron chi connectivity index (χ0n) is 15.4. The third-order valence-corrected chi connectivity index (χ3v) is 5.33. The van der Waals surface area contributed by atoms with Crippen LogP contribution in [0.5, 0.6) is 0 Å². The summed E-state index contributed by atoms with van der Waals surface area (Å²) in [5.41, 5.74) is 1.51. The SMILES string of the molecule is CCNC(=NCc1ccc(Br)cc1F)N(C)Cc1csc(C(C)OC)n1. The van der Waals surface area contributed by atoms with Gasteiger partial charge in [-0.1, -0.05) is 22.0 Å². The average Bonchev–Trinajstić information content (AvgIpc) is 3.07. The van der Waals surface area contributed by atoms with Gasteiger partial charge in [-0.15, -0.1) is 11.3 Å². The Morgan fingerprint density at radius 3 is 2.92 bits per heavy atom. The van der Waals surface area contributed by atoms with E-state index in [1.54, 1.807) is 24.5 Å². The molecule has 1 heterocycles. The van der Waals surface area contributed by atoms with Gasteiger partial charge in [0.05, 0.1) is 18.8 Å². The van der Waals surface area contributed by atoms with Crippen LogP contribution in [0.3, 0.4) is 0 Å². The van der Waals surface area contributed by atoms with Crippen LogP contribution in [0.15, 0.2) is 33.0 Å². The molecule has 0 radical (unpaired) electrons. The molecule has 2 aromatic rings. The van der Waals surface area contributed by atoms with Crippen molar-refractivity contribution in [2.45, 2.75) is 33.0 Å². The summed E-state index contributed by atoms with van der Waals surface area (Å²) in [7, 11) is 3.62. The maximum atomic E-state index is 14.0. The molecule has 2 rings (SSSR count). The van der Waals surface area contributed by atoms with Crippen LogP contribution in [-0.2, 0) is 17.8 Å². The molecular formula is C18H24BrFN4OS. The minimum Gasteiger partial charge on any atom is -0.375 e. The maximum absolute atomic E-state index is 14.0. The quantitative estimate of drug-likeness (QED) is 0.511. The van der Waals surface area contributed by atoms with Gasteiger partial charge in [0.15, 0.2) is 5.96 Å². The van der Waals surface area contributed by atoms with Crippen LogP contribution in [0, 0.1) is 5.82 Å². The van der Waals surface area contributed by atoms with Gasteiger partial charge >= 0.3 is 0 Å². The molecule has 26 heavy (non-hydrogen) atoms. The van der Waals surface area contributed by atoms with E-state index in [2.05, 4.69) is 31.2 Å². The number of aliphatic imine (C=N–C) groups is 1. The fraction of sp³-hybridized carbons (Fsp3) is 0.444. The van der Waals surface area contributed by atoms with Crippen LogP contribution in [0.4, 0.5) is 4.39 Å². The molecule has 1 aromatic carbocycles. The van der Waals surface area contributed by atoms with Crippen molar-refractivity contribution in [1.82, 2.24) is 15.2 Å². The van der Waals surface area contributed by atoms with Gasteiger partial charge in [-0.05, 0) is 26.0 Å². The Hall–Kier alpha value is -1.51. The van der Waals surface area contributed by atoms with E-state index in [-0.39, 0.29) is 18.5 Å². The summed E-state index contributed by atoms with van der Waals surface area (Å²) < 4.78 is 20.0. The highest BCUT2D eigenvalue weighted by molar-refractivity contribution is 9.10. The summed E-state index contributed by atoms with van der Waals surface area (Å²) in [6, 6.07) is 5.01. The second-order valence-electron chi connectivity index (χ2n) is 5.82. The molecule has 0 bridgehead atoms. The molecule has 0 aliphatic carbocycles. The topological polar surface area (TPSA) is 49.8 Å². The molecule has 0 amide bonds. The largest absolute Gasteiger partial charge is 0.375 e. The Kier molecular flexibility index (Phi) is 7.99. The van der Waals surface area contributed by atoms with Crippen molar-refractivity contribution in [3.8, 4) is 0 Å². The van der Waals surface area contributed by atoms with Gasteiger partial charge in [0.1, 0.15) is 16.9 Å². The number of methoxy groups -OCH3 is 1. The van der Waals surface area contributed by atoms with E-state index in [1.165, 1.54) is 6.07 Å². The van der Waals surface area contributed by atoms with Gasteiger partial charge in [0, 0.05) is 36.1 Å². The first-order chi connectivity index (χ1) is 12.4. The molecule has 1 atom stereocenters. The maximum Gasteiger partial charge on any atom is 0.194 e. The summed E-state index contributed by atoms with van der Waals surface area (Å²) in [6.45, 7) is 5.60. The number of thiazole rings is 1. The van der Waals surface area contributed by atoms with Gasteiger partial charge in [0.2, 0.25) is 0 Å². The average molecular weight is 443 g/mol. The van der Waals surface area contributed by atoms with E-state index in [1.807, 2.05) is 37.2 Å². The predicted molar refractivity (Wildman–Crippen MR) is 108 cm³/mol. The molecule has 0 fully saturated rings. The van der Waals surface area contributed by atoms with Crippen molar-refractivity contribution in [3.63, 3.8) is 0 Å². The lowest BCUT2D eigenvalue weighted by Gasteiger charge is -2.21. The summed E-state index contributed by atoms with van der Waals surface area (Å²) in [6.07, 6.45) is -0.0126. The van der Waals surface area contributed by atoms with Crippen LogP contribution in [0.1, 0.15) is 36.2 Å². The first-order valence-electron chi connectivity index (χ1n) is 8.35. The molecule has 1 N–H and O–H groups in total. The number of guanidine groups is 1. The predicted octanol–water partition coefficient (Wildman–Crippen LogP) is 4.35. The monoisotopic (exact) mass is 442 g/mol. The Morgan fingerprint density at radius 1 is 1.50 bits per heavy atom. The van der Waals surface area contributed by atoms with Crippen LogP contribution in [0.25, 0.3) is 0 Å². The molecule has 1 unspecified atom stereocenters. The molecule has 8 heteroatoms. The Bertz CT molecular complexity index is 753. The van der Waals surface area contributed by atoms with Crippen molar-refractivity contribution < 1.29 is 9.13 Å². The minimum atomic E-state index is -0.265. The number of nitrogens with one attached hydrogen (secondary N) is 1. The van der Waals surface area contributed by atoms with Crippen molar-refractivity contribution >= 4 is 33.2 Å². The van der Waals surface area contributed by atoms with Crippen LogP contribution < -0.4 is 5.32 Å². The fourth-order valence-electron chi connectivity index (χ4n) is 2.28. The lowest BCUT2D eigenvalue weighted by Crippen LogP contribution is -2.38. The summed E-state index contributed by atoms with van der Waals surface area (Å²) in [5.74, 6) is 0.448. The molecule has 0 aliphatic rings. The molecule has 0 aliphatic heterocycles. The van der Waals surface area contributed by atoms with Gasteiger partial charge in [-0.25, -0.2) is 14.4 Å². The smallest absolute Gasteiger partial charge is 0.194 e. The molecule has 142 valence electrons. The summed E-state index contributed by atoms with van der Waals surface area (Å²) in [4.78, 5) is 11.1. The summed E-state index contributed by atoms with van der Waals surface area (Å²) in [5, 5.41) is 6.22. The Labute approximate surface area is 166 Å². The first-order valence-corrected chi connectivity index (χ1v) is 10.0. The van der Waals surface area contributed by atoms with E-state index < -0.39 is 0 Å². The van der Waals surface area contributed by atoms with Gasteiger partial charge in [-0.3, -0.25) is 0 Å². The lowest BCUT2D eigenvalue weighted by atomic mass is 10.2. The van der Waals surface area contributed by atoms with Gasteiger partial charge < -0.3 is 15.0 Å². The molecule has 0 saturated heterocycles. The third kappa shape index (κ3) is 5.75. The number of aromatic nitrogens is 1. The second kappa shape index (κ2) is 9.99. The van der Waals surface area contributed by atoms with E-state index >= 15 is 0 Å². The van der Waals surface area contributed by atoms with Crippen molar-refractivity contribution in [3.05, 3.63) is 50.1 Å². The zero-order chi connectivity index (χ0) is 19.1. The van der Waals surface area contributed by atoms with Gasteiger partial charge in [-0.2, -0.15) is 0 Å². The first kappa shape index (κ1) is 20.8. The van der Waals surface area contributed by atoms with Crippen molar-refractivity contribution in [1.29, 1.82) is 0 Å². The summed E-state index contributed by atoms with van der Waals surface area (Å²) >= 11 is 4.85. The molecule has 0 spiro atoms.